The highest BCUT2D eigenvalue weighted by Crippen LogP contribution is 2.25. The van der Waals surface area contributed by atoms with Crippen LogP contribution in [0.5, 0.6) is 0 Å². The summed E-state index contributed by atoms with van der Waals surface area (Å²) >= 11 is 0. The fraction of sp³-hybridized carbons (Fsp3) is 0.174. The van der Waals surface area contributed by atoms with Crippen LogP contribution in [0.3, 0.4) is 0 Å². The van der Waals surface area contributed by atoms with Crippen molar-refractivity contribution in [2.45, 2.75) is 25.4 Å². The predicted molar refractivity (Wildman–Crippen MR) is 123 cm³/mol. The summed E-state index contributed by atoms with van der Waals surface area (Å²) in [6.45, 7) is 2.01. The van der Waals surface area contributed by atoms with Gasteiger partial charge in [0.15, 0.2) is 5.82 Å². The maximum absolute atomic E-state index is 11.2. The molecule has 2 unspecified atom stereocenters. The van der Waals surface area contributed by atoms with Crippen molar-refractivity contribution in [1.82, 2.24) is 19.9 Å². The Kier molecular flexibility index (Phi) is 5.91. The molecule has 32 heavy (non-hydrogen) atoms. The zero-order chi connectivity index (χ0) is 22.7. The Morgan fingerprint density at radius 2 is 1.84 bits per heavy atom. The van der Waals surface area contributed by atoms with Crippen LogP contribution in [-0.2, 0) is 11.2 Å². The number of hydrogen-bond donors (Lipinski definition) is 4. The molecule has 2 atom stereocenters. The van der Waals surface area contributed by atoms with E-state index >= 15 is 0 Å². The van der Waals surface area contributed by atoms with Gasteiger partial charge in [-0.25, -0.2) is 0 Å². The number of aromatic nitrogens is 4. The third-order valence-electron chi connectivity index (χ3n) is 5.13. The zero-order valence-corrected chi connectivity index (χ0v) is 17.4. The van der Waals surface area contributed by atoms with Crippen molar-refractivity contribution in [2.75, 3.05) is 11.1 Å². The number of nitrogens with zero attached hydrogens (tertiary/aromatic N) is 4. The van der Waals surface area contributed by atoms with E-state index in [1.165, 1.54) is 5.39 Å². The molecule has 4 aromatic rings. The van der Waals surface area contributed by atoms with Gasteiger partial charge in [-0.3, -0.25) is 9.78 Å². The number of pyridine rings is 1. The molecule has 9 nitrogen and oxygen atoms in total. The van der Waals surface area contributed by atoms with Crippen LogP contribution in [-0.4, -0.2) is 37.1 Å². The molecular weight excluding hydrogens is 406 g/mol. The van der Waals surface area contributed by atoms with Gasteiger partial charge in [0.25, 0.3) is 0 Å². The Balaban J connectivity index is 1.62. The van der Waals surface area contributed by atoms with Crippen molar-refractivity contribution in [3.63, 3.8) is 0 Å². The average molecular weight is 429 g/mol. The molecule has 0 aliphatic carbocycles. The average Bonchev–Trinajstić information content (AvgIpc) is 2.78. The summed E-state index contributed by atoms with van der Waals surface area (Å²) in [4.78, 5) is 28.4. The number of fused-ring (bicyclic) bond motifs is 1. The summed E-state index contributed by atoms with van der Waals surface area (Å²) in [5, 5.41) is 14.7. The molecule has 162 valence electrons. The number of carboxylic acid groups (broad SMARTS) is 1. The molecule has 0 aliphatic rings. The number of nitrogen functional groups attached to an aromatic ring is 1. The van der Waals surface area contributed by atoms with E-state index in [-0.39, 0.29) is 18.4 Å². The van der Waals surface area contributed by atoms with Gasteiger partial charge < -0.3 is 21.9 Å². The molecule has 6 N–H and O–H groups in total. The van der Waals surface area contributed by atoms with Crippen LogP contribution in [0.4, 0.5) is 11.9 Å². The van der Waals surface area contributed by atoms with Crippen molar-refractivity contribution in [1.29, 1.82) is 0 Å². The third kappa shape index (κ3) is 4.62. The van der Waals surface area contributed by atoms with Gasteiger partial charge >= 0.3 is 5.97 Å². The minimum Gasteiger partial charge on any atom is -0.480 e. The first-order valence-corrected chi connectivity index (χ1v) is 10.1. The Morgan fingerprint density at radius 1 is 1.06 bits per heavy atom. The molecule has 0 bridgehead atoms. The standard InChI is InChI=1S/C23H23N7O2/c1-13(15-9-8-14-5-2-3-6-16(14)11-15)27-23-29-20(28-22(25)30-23)17-7-4-10-26-19(17)12-18(24)21(31)32/h2-11,13,18H,12,24H2,1H3,(H,31,32)(H3,25,27,28,29,30). The molecule has 2 heterocycles. The Bertz CT molecular complexity index is 1280. The van der Waals surface area contributed by atoms with Gasteiger partial charge in [0.05, 0.1) is 11.7 Å². The molecule has 0 aliphatic heterocycles. The molecule has 0 radical (unpaired) electrons. The predicted octanol–water partition coefficient (Wildman–Crippen LogP) is 2.80. The lowest BCUT2D eigenvalue weighted by atomic mass is 10.0. The van der Waals surface area contributed by atoms with E-state index in [1.54, 1.807) is 18.3 Å². The fourth-order valence-corrected chi connectivity index (χ4v) is 3.43. The SMILES string of the molecule is CC(Nc1nc(N)nc(-c2cccnc2CC(N)C(=O)O)n1)c1ccc2ccccc2c1. The largest absolute Gasteiger partial charge is 0.480 e. The smallest absolute Gasteiger partial charge is 0.320 e. The second-order valence-electron chi connectivity index (χ2n) is 7.46. The van der Waals surface area contributed by atoms with E-state index in [0.717, 1.165) is 10.9 Å². The third-order valence-corrected chi connectivity index (χ3v) is 5.13. The Morgan fingerprint density at radius 3 is 2.62 bits per heavy atom. The number of nitrogens with one attached hydrogen (secondary N) is 1. The minimum absolute atomic E-state index is 0.0351. The molecule has 2 aromatic heterocycles. The first kappa shape index (κ1) is 21.1. The summed E-state index contributed by atoms with van der Waals surface area (Å²) < 4.78 is 0. The molecule has 0 saturated heterocycles. The van der Waals surface area contributed by atoms with Crippen LogP contribution in [0.15, 0.2) is 60.8 Å². The summed E-state index contributed by atoms with van der Waals surface area (Å²) in [5.41, 5.74) is 13.7. The normalized spacial score (nSPS) is 12.9. The lowest BCUT2D eigenvalue weighted by Crippen LogP contribution is -2.32. The second-order valence-corrected chi connectivity index (χ2v) is 7.46. The van der Waals surface area contributed by atoms with E-state index in [2.05, 4.69) is 55.6 Å². The van der Waals surface area contributed by atoms with Crippen molar-refractivity contribution >= 4 is 28.6 Å². The van der Waals surface area contributed by atoms with E-state index in [9.17, 15) is 4.79 Å². The number of anilines is 2. The number of carboxylic acids is 1. The highest BCUT2D eigenvalue weighted by Gasteiger charge is 2.19. The van der Waals surface area contributed by atoms with Crippen molar-refractivity contribution < 1.29 is 9.90 Å². The number of hydrogen-bond acceptors (Lipinski definition) is 8. The maximum Gasteiger partial charge on any atom is 0.320 e. The molecule has 0 spiro atoms. The molecule has 2 aromatic carbocycles. The lowest BCUT2D eigenvalue weighted by Gasteiger charge is -2.16. The van der Waals surface area contributed by atoms with Gasteiger partial charge in [0.2, 0.25) is 11.9 Å². The topological polar surface area (TPSA) is 153 Å². The molecule has 9 heteroatoms. The zero-order valence-electron chi connectivity index (χ0n) is 17.4. The molecule has 0 fully saturated rings. The van der Waals surface area contributed by atoms with Crippen molar-refractivity contribution in [2.24, 2.45) is 5.73 Å². The Hall–Kier alpha value is -4.11. The Labute approximate surface area is 184 Å². The van der Waals surface area contributed by atoms with Gasteiger partial charge in [0, 0.05) is 18.2 Å². The summed E-state index contributed by atoms with van der Waals surface area (Å²) in [6.07, 6.45) is 1.60. The highest BCUT2D eigenvalue weighted by atomic mass is 16.4. The first-order chi connectivity index (χ1) is 15.4. The molecule has 4 rings (SSSR count). The van der Waals surface area contributed by atoms with E-state index in [0.29, 0.717) is 23.0 Å². The van der Waals surface area contributed by atoms with Crippen LogP contribution < -0.4 is 16.8 Å². The van der Waals surface area contributed by atoms with Gasteiger partial charge in [0.1, 0.15) is 6.04 Å². The number of benzene rings is 2. The molecule has 0 amide bonds. The van der Waals surface area contributed by atoms with E-state index < -0.39 is 12.0 Å². The number of rotatable bonds is 7. The summed E-state index contributed by atoms with van der Waals surface area (Å²) in [7, 11) is 0. The summed E-state index contributed by atoms with van der Waals surface area (Å²) in [6, 6.07) is 16.7. The van der Waals surface area contributed by atoms with Crippen LogP contribution in [0.1, 0.15) is 24.2 Å². The first-order valence-electron chi connectivity index (χ1n) is 10.1. The molecule has 0 saturated carbocycles. The van der Waals surface area contributed by atoms with Crippen LogP contribution in [0, 0.1) is 0 Å². The van der Waals surface area contributed by atoms with Gasteiger partial charge in [-0.1, -0.05) is 36.4 Å². The monoisotopic (exact) mass is 429 g/mol. The second kappa shape index (κ2) is 8.94. The maximum atomic E-state index is 11.2. The van der Waals surface area contributed by atoms with Crippen molar-refractivity contribution in [3.05, 3.63) is 72.1 Å². The fourth-order valence-electron chi connectivity index (χ4n) is 3.43. The highest BCUT2D eigenvalue weighted by molar-refractivity contribution is 5.83. The van der Waals surface area contributed by atoms with Crippen LogP contribution >= 0.6 is 0 Å². The van der Waals surface area contributed by atoms with Crippen molar-refractivity contribution in [3.8, 4) is 11.4 Å². The lowest BCUT2D eigenvalue weighted by molar-refractivity contribution is -0.138. The number of aliphatic carboxylic acids is 1. The minimum atomic E-state index is -1.11. The number of nitrogens with two attached hydrogens (primary N) is 2. The van der Waals surface area contributed by atoms with Gasteiger partial charge in [-0.15, -0.1) is 0 Å². The number of carbonyl (C=O) groups is 1. The van der Waals surface area contributed by atoms with Crippen LogP contribution in [0.25, 0.3) is 22.2 Å². The van der Waals surface area contributed by atoms with Crippen LogP contribution in [0.2, 0.25) is 0 Å². The summed E-state index contributed by atoms with van der Waals surface area (Å²) in [5.74, 6) is -0.458. The van der Waals surface area contributed by atoms with E-state index in [1.807, 2.05) is 19.1 Å². The molecular formula is C23H23N7O2. The van der Waals surface area contributed by atoms with Gasteiger partial charge in [-0.05, 0) is 41.5 Å². The van der Waals surface area contributed by atoms with Gasteiger partial charge in [-0.2, -0.15) is 15.0 Å². The quantitative estimate of drug-likeness (QED) is 0.347. The van der Waals surface area contributed by atoms with E-state index in [4.69, 9.17) is 16.6 Å².